The van der Waals surface area contributed by atoms with Crippen molar-refractivity contribution in [1.82, 2.24) is 10.3 Å². The number of nitrogens with one attached hydrogen (secondary N) is 2. The highest BCUT2D eigenvalue weighted by atomic mass is 16.2. The van der Waals surface area contributed by atoms with Crippen molar-refractivity contribution in [3.05, 3.63) is 64.6 Å². The van der Waals surface area contributed by atoms with Crippen LogP contribution in [0.1, 0.15) is 16.9 Å². The summed E-state index contributed by atoms with van der Waals surface area (Å²) in [5, 5.41) is 2.80. The number of carbonyl (C=O) groups excluding carboxylic acids is 1. The van der Waals surface area contributed by atoms with Crippen molar-refractivity contribution in [3.63, 3.8) is 0 Å². The van der Waals surface area contributed by atoms with Crippen molar-refractivity contribution in [1.29, 1.82) is 0 Å². The number of H-pyrrole nitrogens is 1. The van der Waals surface area contributed by atoms with Crippen LogP contribution >= 0.6 is 0 Å². The summed E-state index contributed by atoms with van der Waals surface area (Å²) in [6.07, 6.45) is 0.828. The highest BCUT2D eigenvalue weighted by Gasteiger charge is 2.05. The second kappa shape index (κ2) is 7.28. The highest BCUT2D eigenvalue weighted by molar-refractivity contribution is 5.92. The number of anilines is 1. The minimum atomic E-state index is -0.272. The van der Waals surface area contributed by atoms with Gasteiger partial charge in [0.15, 0.2) is 0 Å². The molecule has 1 heterocycles. The van der Waals surface area contributed by atoms with Crippen LogP contribution in [0.3, 0.4) is 0 Å². The molecule has 0 unspecified atom stereocenters. The maximum atomic E-state index is 11.8. The minimum absolute atomic E-state index is 0.255. The zero-order valence-corrected chi connectivity index (χ0v) is 12.0. The second-order valence-corrected chi connectivity index (χ2v) is 4.80. The van der Waals surface area contributed by atoms with Gasteiger partial charge in [0.05, 0.1) is 0 Å². The van der Waals surface area contributed by atoms with Gasteiger partial charge in [0, 0.05) is 31.9 Å². The van der Waals surface area contributed by atoms with Crippen LogP contribution in [0.2, 0.25) is 0 Å². The molecule has 2 N–H and O–H groups in total. The summed E-state index contributed by atoms with van der Waals surface area (Å²) in [5.74, 6) is -0.255. The average molecular weight is 285 g/mol. The molecule has 5 nitrogen and oxygen atoms in total. The summed E-state index contributed by atoms with van der Waals surface area (Å²) in [6, 6.07) is 14.6. The largest absolute Gasteiger partial charge is 0.375 e. The molecule has 0 atom stereocenters. The van der Waals surface area contributed by atoms with Gasteiger partial charge in [0.1, 0.15) is 5.69 Å². The maximum Gasteiger partial charge on any atom is 0.267 e. The van der Waals surface area contributed by atoms with E-state index in [2.05, 4.69) is 15.2 Å². The summed E-state index contributed by atoms with van der Waals surface area (Å²) < 4.78 is 0. The molecule has 0 aliphatic heterocycles. The summed E-state index contributed by atoms with van der Waals surface area (Å²) in [7, 11) is 2.02. The van der Waals surface area contributed by atoms with Gasteiger partial charge < -0.3 is 15.2 Å². The van der Waals surface area contributed by atoms with E-state index < -0.39 is 0 Å². The van der Waals surface area contributed by atoms with Crippen molar-refractivity contribution in [2.24, 2.45) is 0 Å². The number of aromatic amines is 1. The van der Waals surface area contributed by atoms with Crippen molar-refractivity contribution in [2.45, 2.75) is 6.42 Å². The van der Waals surface area contributed by atoms with E-state index in [1.54, 1.807) is 12.1 Å². The molecule has 0 fully saturated rings. The first-order chi connectivity index (χ1) is 10.2. The zero-order valence-electron chi connectivity index (χ0n) is 12.0. The smallest absolute Gasteiger partial charge is 0.267 e. The highest BCUT2D eigenvalue weighted by Crippen LogP contribution is 2.10. The van der Waals surface area contributed by atoms with Crippen LogP contribution in [0, 0.1) is 0 Å². The number of para-hydroxylation sites is 1. The third-order valence-corrected chi connectivity index (χ3v) is 3.17. The lowest BCUT2D eigenvalue weighted by Gasteiger charge is -2.19. The topological polar surface area (TPSA) is 65.2 Å². The van der Waals surface area contributed by atoms with E-state index >= 15 is 0 Å². The van der Waals surface area contributed by atoms with E-state index in [9.17, 15) is 9.59 Å². The number of hydrogen-bond acceptors (Lipinski definition) is 3. The second-order valence-electron chi connectivity index (χ2n) is 4.80. The first-order valence-electron chi connectivity index (χ1n) is 6.90. The third-order valence-electron chi connectivity index (χ3n) is 3.17. The number of rotatable bonds is 6. The number of pyridine rings is 1. The lowest BCUT2D eigenvalue weighted by Crippen LogP contribution is -2.29. The van der Waals surface area contributed by atoms with Gasteiger partial charge in [-0.25, -0.2) is 0 Å². The van der Waals surface area contributed by atoms with Crippen LogP contribution in [0.5, 0.6) is 0 Å². The Bertz CT molecular complexity index is 637. The molecule has 1 aromatic carbocycles. The van der Waals surface area contributed by atoms with E-state index in [0.717, 1.165) is 18.7 Å². The van der Waals surface area contributed by atoms with Crippen molar-refractivity contribution in [2.75, 3.05) is 25.0 Å². The van der Waals surface area contributed by atoms with Crippen LogP contribution in [0.25, 0.3) is 0 Å². The Hall–Kier alpha value is -2.56. The van der Waals surface area contributed by atoms with Gasteiger partial charge in [0.25, 0.3) is 5.91 Å². The van der Waals surface area contributed by atoms with Gasteiger partial charge in [0.2, 0.25) is 5.56 Å². The molecular formula is C16H19N3O2. The van der Waals surface area contributed by atoms with Crippen LogP contribution in [-0.2, 0) is 0 Å². The summed E-state index contributed by atoms with van der Waals surface area (Å²) in [6.45, 7) is 1.41. The van der Waals surface area contributed by atoms with Gasteiger partial charge in [-0.05, 0) is 24.6 Å². The fraction of sp³-hybridized carbons (Fsp3) is 0.250. The average Bonchev–Trinajstić information content (AvgIpc) is 2.52. The monoisotopic (exact) mass is 285 g/mol. The van der Waals surface area contributed by atoms with Crippen molar-refractivity contribution in [3.8, 4) is 0 Å². The Morgan fingerprint density at radius 1 is 1.14 bits per heavy atom. The lowest BCUT2D eigenvalue weighted by atomic mass is 10.3. The number of aromatic nitrogens is 1. The molecule has 0 saturated heterocycles. The number of benzene rings is 1. The van der Waals surface area contributed by atoms with Gasteiger partial charge in [-0.3, -0.25) is 9.59 Å². The molecule has 0 spiro atoms. The molecule has 0 bridgehead atoms. The quantitative estimate of drug-likeness (QED) is 0.793. The fourth-order valence-corrected chi connectivity index (χ4v) is 2.01. The van der Waals surface area contributed by atoms with Crippen molar-refractivity contribution < 1.29 is 4.79 Å². The number of nitrogens with zero attached hydrogens (tertiary/aromatic N) is 1. The Labute approximate surface area is 123 Å². The zero-order chi connectivity index (χ0) is 15.1. The van der Waals surface area contributed by atoms with E-state index in [0.29, 0.717) is 12.2 Å². The predicted octanol–water partition coefficient (Wildman–Crippen LogP) is 1.63. The molecule has 0 saturated carbocycles. The summed E-state index contributed by atoms with van der Waals surface area (Å²) in [4.78, 5) is 27.6. The predicted molar refractivity (Wildman–Crippen MR) is 83.7 cm³/mol. The number of carbonyl (C=O) groups is 1. The van der Waals surface area contributed by atoms with Gasteiger partial charge in [-0.2, -0.15) is 0 Å². The first kappa shape index (κ1) is 14.8. The molecule has 0 aliphatic carbocycles. The van der Waals surface area contributed by atoms with E-state index in [4.69, 9.17) is 0 Å². The molecular weight excluding hydrogens is 266 g/mol. The Kier molecular flexibility index (Phi) is 5.15. The number of amides is 1. The molecule has 110 valence electrons. The fourth-order valence-electron chi connectivity index (χ4n) is 2.01. The Morgan fingerprint density at radius 3 is 2.62 bits per heavy atom. The molecule has 21 heavy (non-hydrogen) atoms. The van der Waals surface area contributed by atoms with Crippen molar-refractivity contribution >= 4 is 11.6 Å². The molecule has 5 heteroatoms. The third kappa shape index (κ3) is 4.49. The normalized spacial score (nSPS) is 10.1. The molecule has 2 aromatic rings. The first-order valence-corrected chi connectivity index (χ1v) is 6.90. The standard InChI is InChI=1S/C16H19N3O2/c1-19(13-7-3-2-4-8-13)12-6-11-17-16(21)14-9-5-10-15(20)18-14/h2-5,7-10H,6,11-12H2,1H3,(H,17,21)(H,18,20). The van der Waals surface area contributed by atoms with E-state index in [1.165, 1.54) is 6.07 Å². The van der Waals surface area contributed by atoms with Gasteiger partial charge in [-0.1, -0.05) is 24.3 Å². The van der Waals surface area contributed by atoms with E-state index in [-0.39, 0.29) is 11.5 Å². The lowest BCUT2D eigenvalue weighted by molar-refractivity contribution is 0.0948. The van der Waals surface area contributed by atoms with Crippen LogP contribution in [0.15, 0.2) is 53.3 Å². The molecule has 1 aromatic heterocycles. The molecule has 0 aliphatic rings. The molecule has 1 amide bonds. The molecule has 2 rings (SSSR count). The van der Waals surface area contributed by atoms with Crippen LogP contribution in [-0.4, -0.2) is 31.0 Å². The Balaban J connectivity index is 1.75. The minimum Gasteiger partial charge on any atom is -0.375 e. The number of hydrogen-bond donors (Lipinski definition) is 2. The summed E-state index contributed by atoms with van der Waals surface area (Å²) >= 11 is 0. The SMILES string of the molecule is CN(CCCNC(=O)c1cccc(=O)[nH]1)c1ccccc1. The summed E-state index contributed by atoms with van der Waals surface area (Å²) in [5.41, 5.74) is 1.17. The molecule has 0 radical (unpaired) electrons. The Morgan fingerprint density at radius 2 is 1.90 bits per heavy atom. The van der Waals surface area contributed by atoms with Crippen LogP contribution < -0.4 is 15.8 Å². The van der Waals surface area contributed by atoms with Gasteiger partial charge >= 0.3 is 0 Å². The maximum absolute atomic E-state index is 11.8. The van der Waals surface area contributed by atoms with Crippen LogP contribution in [0.4, 0.5) is 5.69 Å². The van der Waals surface area contributed by atoms with Gasteiger partial charge in [-0.15, -0.1) is 0 Å². The van der Waals surface area contributed by atoms with E-state index in [1.807, 2.05) is 37.4 Å².